The zero-order valence-electron chi connectivity index (χ0n) is 12.8. The number of carbonyl (C=O) groups is 2. The van der Waals surface area contributed by atoms with Crippen LogP contribution >= 0.6 is 11.6 Å². The van der Waals surface area contributed by atoms with Crippen LogP contribution in [-0.2, 0) is 4.79 Å². The number of ketones is 2. The molecule has 0 radical (unpaired) electrons. The highest BCUT2D eigenvalue weighted by Crippen LogP contribution is 2.29. The van der Waals surface area contributed by atoms with Crippen LogP contribution in [0.4, 0.5) is 0 Å². The number of aliphatic hydroxyl groups is 1. The number of halogens is 1. The van der Waals surface area contributed by atoms with Crippen LogP contribution in [0.5, 0.6) is 5.75 Å². The van der Waals surface area contributed by atoms with Gasteiger partial charge in [0.2, 0.25) is 11.6 Å². The van der Waals surface area contributed by atoms with E-state index in [-0.39, 0.29) is 23.3 Å². The third-order valence-electron chi connectivity index (χ3n) is 3.85. The van der Waals surface area contributed by atoms with Gasteiger partial charge in [-0.05, 0) is 37.1 Å². The number of fused-ring (bicyclic) bond motifs is 1. The Balaban J connectivity index is 1.67. The second-order valence-corrected chi connectivity index (χ2v) is 5.87. The molecule has 0 aromatic heterocycles. The lowest BCUT2D eigenvalue weighted by Crippen LogP contribution is -2.24. The molecule has 4 nitrogen and oxygen atoms in total. The summed E-state index contributed by atoms with van der Waals surface area (Å²) in [6.07, 6.45) is 0.779. The highest BCUT2D eigenvalue weighted by Gasteiger charge is 2.31. The molecule has 0 spiro atoms. The number of aliphatic hydroxyl groups excluding tert-OH is 1. The molecule has 0 amide bonds. The first-order chi connectivity index (χ1) is 11.6. The number of rotatable bonds is 5. The van der Waals surface area contributed by atoms with Gasteiger partial charge in [-0.15, -0.1) is 0 Å². The van der Waals surface area contributed by atoms with E-state index in [9.17, 15) is 14.7 Å². The van der Waals surface area contributed by atoms with Crippen LogP contribution in [0.15, 0.2) is 54.1 Å². The average molecular weight is 343 g/mol. The van der Waals surface area contributed by atoms with Gasteiger partial charge in [-0.1, -0.05) is 35.9 Å². The lowest BCUT2D eigenvalue weighted by molar-refractivity contribution is -0.112. The normalized spacial score (nSPS) is 13.9. The highest BCUT2D eigenvalue weighted by molar-refractivity contribution is 6.52. The van der Waals surface area contributed by atoms with Crippen LogP contribution in [0, 0.1) is 0 Å². The van der Waals surface area contributed by atoms with Crippen LogP contribution in [-0.4, -0.2) is 23.3 Å². The first-order valence-corrected chi connectivity index (χ1v) is 7.94. The molecule has 1 aliphatic carbocycles. The Kier molecular flexibility index (Phi) is 4.67. The summed E-state index contributed by atoms with van der Waals surface area (Å²) in [7, 11) is 0. The summed E-state index contributed by atoms with van der Waals surface area (Å²) in [5, 5.41) is 10.9. The SMILES string of the molecule is O=C1C(=O)c2ccccc2C(O)=C1CCCOc1ccc(Cl)cc1. The summed E-state index contributed by atoms with van der Waals surface area (Å²) in [5.41, 5.74) is 0.815. The predicted octanol–water partition coefficient (Wildman–Crippen LogP) is 4.23. The van der Waals surface area contributed by atoms with Gasteiger partial charge in [0, 0.05) is 21.7 Å². The van der Waals surface area contributed by atoms with Crippen LogP contribution in [0.2, 0.25) is 5.02 Å². The molecule has 0 saturated carbocycles. The van der Waals surface area contributed by atoms with E-state index >= 15 is 0 Å². The minimum Gasteiger partial charge on any atom is -0.507 e. The molecule has 5 heteroatoms. The molecule has 0 heterocycles. The summed E-state index contributed by atoms with van der Waals surface area (Å²) in [6, 6.07) is 13.5. The van der Waals surface area contributed by atoms with E-state index in [4.69, 9.17) is 16.3 Å². The Labute approximate surface area is 144 Å². The number of Topliss-reactive ketones (excluding diaryl/α,β-unsaturated/α-hetero) is 2. The van der Waals surface area contributed by atoms with Crippen molar-refractivity contribution in [2.75, 3.05) is 6.61 Å². The molecule has 24 heavy (non-hydrogen) atoms. The first-order valence-electron chi connectivity index (χ1n) is 7.57. The summed E-state index contributed by atoms with van der Waals surface area (Å²) >= 11 is 5.80. The maximum Gasteiger partial charge on any atom is 0.234 e. The Hall–Kier alpha value is -2.59. The largest absolute Gasteiger partial charge is 0.507 e. The Morgan fingerprint density at radius 2 is 1.58 bits per heavy atom. The van der Waals surface area contributed by atoms with Gasteiger partial charge >= 0.3 is 0 Å². The third-order valence-corrected chi connectivity index (χ3v) is 4.10. The lowest BCUT2D eigenvalue weighted by atomic mass is 9.86. The van der Waals surface area contributed by atoms with Crippen molar-refractivity contribution in [3.05, 3.63) is 70.3 Å². The molecule has 0 atom stereocenters. The molecule has 1 N–H and O–H groups in total. The van der Waals surface area contributed by atoms with E-state index in [1.54, 1.807) is 48.5 Å². The van der Waals surface area contributed by atoms with Crippen molar-refractivity contribution in [3.63, 3.8) is 0 Å². The Morgan fingerprint density at radius 1 is 0.917 bits per heavy atom. The van der Waals surface area contributed by atoms with E-state index in [1.165, 1.54) is 0 Å². The molecule has 0 bridgehead atoms. The van der Waals surface area contributed by atoms with Crippen molar-refractivity contribution in [2.45, 2.75) is 12.8 Å². The summed E-state index contributed by atoms with van der Waals surface area (Å²) in [5.74, 6) is -0.648. The van der Waals surface area contributed by atoms with Crippen molar-refractivity contribution in [1.82, 2.24) is 0 Å². The van der Waals surface area contributed by atoms with Gasteiger partial charge in [0.15, 0.2) is 0 Å². The van der Waals surface area contributed by atoms with Crippen LogP contribution in [0.25, 0.3) is 5.76 Å². The number of allylic oxidation sites excluding steroid dienone is 1. The Bertz CT molecular complexity index is 822. The van der Waals surface area contributed by atoms with E-state index < -0.39 is 11.6 Å². The van der Waals surface area contributed by atoms with E-state index in [0.717, 1.165) is 0 Å². The number of hydrogen-bond donors (Lipinski definition) is 1. The third kappa shape index (κ3) is 3.19. The van der Waals surface area contributed by atoms with Crippen molar-refractivity contribution < 1.29 is 19.4 Å². The van der Waals surface area contributed by atoms with E-state index in [0.29, 0.717) is 29.4 Å². The van der Waals surface area contributed by atoms with Crippen molar-refractivity contribution in [1.29, 1.82) is 0 Å². The summed E-state index contributed by atoms with van der Waals surface area (Å²) < 4.78 is 5.56. The second-order valence-electron chi connectivity index (χ2n) is 5.44. The zero-order chi connectivity index (χ0) is 17.1. The molecular weight excluding hydrogens is 328 g/mol. The van der Waals surface area contributed by atoms with Crippen molar-refractivity contribution in [2.24, 2.45) is 0 Å². The van der Waals surface area contributed by atoms with E-state index in [2.05, 4.69) is 0 Å². The maximum absolute atomic E-state index is 12.2. The standard InChI is InChI=1S/C19H15ClO4/c20-12-7-9-13(10-8-12)24-11-3-6-16-17(21)14-4-1-2-5-15(14)18(22)19(16)23/h1-2,4-5,7-10,21H,3,6,11H2. The fraction of sp³-hybridized carbons (Fsp3) is 0.158. The predicted molar refractivity (Wildman–Crippen MR) is 91.5 cm³/mol. The quantitative estimate of drug-likeness (QED) is 0.652. The number of carbonyl (C=O) groups excluding carboxylic acids is 2. The molecule has 122 valence electrons. The van der Waals surface area contributed by atoms with Gasteiger partial charge in [0.25, 0.3) is 0 Å². The Morgan fingerprint density at radius 3 is 2.29 bits per heavy atom. The zero-order valence-corrected chi connectivity index (χ0v) is 13.5. The van der Waals surface area contributed by atoms with Gasteiger partial charge in [0.05, 0.1) is 6.61 Å². The highest BCUT2D eigenvalue weighted by atomic mass is 35.5. The molecule has 1 aliphatic rings. The van der Waals surface area contributed by atoms with Gasteiger partial charge < -0.3 is 9.84 Å². The lowest BCUT2D eigenvalue weighted by Gasteiger charge is -2.17. The summed E-state index contributed by atoms with van der Waals surface area (Å²) in [6.45, 7) is 0.363. The molecule has 0 aliphatic heterocycles. The summed E-state index contributed by atoms with van der Waals surface area (Å²) in [4.78, 5) is 24.3. The van der Waals surface area contributed by atoms with Crippen LogP contribution < -0.4 is 4.74 Å². The number of benzene rings is 2. The second kappa shape index (κ2) is 6.89. The fourth-order valence-electron chi connectivity index (χ4n) is 2.62. The van der Waals surface area contributed by atoms with Crippen LogP contribution in [0.1, 0.15) is 28.8 Å². The van der Waals surface area contributed by atoms with Gasteiger partial charge in [0.1, 0.15) is 11.5 Å². The molecule has 2 aromatic rings. The van der Waals surface area contributed by atoms with E-state index in [1.807, 2.05) is 0 Å². The molecule has 0 fully saturated rings. The number of hydrogen-bond acceptors (Lipinski definition) is 4. The maximum atomic E-state index is 12.2. The van der Waals surface area contributed by atoms with Crippen molar-refractivity contribution >= 4 is 28.9 Å². The fourth-order valence-corrected chi connectivity index (χ4v) is 2.74. The molecule has 3 rings (SSSR count). The molecule has 2 aromatic carbocycles. The minimum atomic E-state index is -0.641. The minimum absolute atomic E-state index is 0.110. The van der Waals surface area contributed by atoms with Gasteiger partial charge in [-0.3, -0.25) is 9.59 Å². The molecular formula is C19H15ClO4. The monoisotopic (exact) mass is 342 g/mol. The van der Waals surface area contributed by atoms with Crippen molar-refractivity contribution in [3.8, 4) is 5.75 Å². The molecule has 0 saturated heterocycles. The average Bonchev–Trinajstić information content (AvgIpc) is 2.60. The first kappa shape index (κ1) is 16.3. The van der Waals surface area contributed by atoms with Crippen LogP contribution in [0.3, 0.4) is 0 Å². The number of ether oxygens (including phenoxy) is 1. The smallest absolute Gasteiger partial charge is 0.234 e. The topological polar surface area (TPSA) is 63.6 Å². The molecule has 0 unspecified atom stereocenters. The van der Waals surface area contributed by atoms with Gasteiger partial charge in [-0.2, -0.15) is 0 Å². The van der Waals surface area contributed by atoms with Gasteiger partial charge in [-0.25, -0.2) is 0 Å².